The second-order valence-corrected chi connectivity index (χ2v) is 5.98. The summed E-state index contributed by atoms with van der Waals surface area (Å²) >= 11 is 13.8. The molecular weight excluding hydrogens is 323 g/mol. The molecule has 1 aromatic rings. The molecule has 1 rings (SSSR count). The molecule has 0 spiro atoms. The van der Waals surface area contributed by atoms with Crippen LogP contribution in [0.1, 0.15) is 0 Å². The van der Waals surface area contributed by atoms with Gasteiger partial charge in [-0.2, -0.15) is 12.6 Å². The van der Waals surface area contributed by atoms with Crippen LogP contribution in [-0.4, -0.2) is 17.2 Å². The average molecular weight is 326 g/mol. The van der Waals surface area contributed by atoms with Crippen molar-refractivity contribution in [2.45, 2.75) is 4.90 Å². The van der Waals surface area contributed by atoms with E-state index in [1.54, 1.807) is 0 Å². The molecule has 1 N–H and O–H groups in total. The Bertz CT molecular complexity index is 541. The third kappa shape index (κ3) is 3.30. The number of hydrogen-bond acceptors (Lipinski definition) is 4. The van der Waals surface area contributed by atoms with Crippen LogP contribution >= 0.6 is 34.8 Å². The number of hydrogen-bond donors (Lipinski definition) is 1. The van der Waals surface area contributed by atoms with Crippen LogP contribution in [0.15, 0.2) is 17.0 Å². The van der Waals surface area contributed by atoms with Gasteiger partial charge in [0.25, 0.3) is 0 Å². The lowest BCUT2D eigenvalue weighted by Gasteiger charge is -2.05. The number of halogens is 3. The summed E-state index contributed by atoms with van der Waals surface area (Å²) < 4.78 is 45.1. The fourth-order valence-corrected chi connectivity index (χ4v) is 3.17. The van der Waals surface area contributed by atoms with Crippen molar-refractivity contribution in [3.8, 4) is 0 Å². The highest BCUT2D eigenvalue weighted by atomic mass is 35.5. The van der Waals surface area contributed by atoms with Crippen molar-refractivity contribution in [3.63, 3.8) is 0 Å². The zero-order valence-corrected chi connectivity index (χ0v) is 11.1. The maximum Gasteiger partial charge on any atom is 0.317 e. The second kappa shape index (κ2) is 5.18. The number of benzene rings is 1. The lowest BCUT2D eigenvalue weighted by molar-refractivity contribution is 0.442. The average Bonchev–Trinajstić information content (AvgIpc) is 2.08. The monoisotopic (exact) mass is 324 g/mol. The van der Waals surface area contributed by atoms with Crippen molar-refractivity contribution >= 4 is 56.3 Å². The summed E-state index contributed by atoms with van der Waals surface area (Å²) in [4.78, 5) is -0.536. The zero-order valence-electron chi connectivity index (χ0n) is 7.19. The molecule has 5 nitrogen and oxygen atoms in total. The summed E-state index contributed by atoms with van der Waals surface area (Å²) in [6.07, 6.45) is 0. The Morgan fingerprint density at radius 1 is 1.12 bits per heavy atom. The highest BCUT2D eigenvalue weighted by molar-refractivity contribution is 7.95. The molecule has 0 aromatic heterocycles. The second-order valence-electron chi connectivity index (χ2n) is 2.44. The summed E-state index contributed by atoms with van der Waals surface area (Å²) in [5.41, 5.74) is 0. The minimum atomic E-state index is -4.45. The van der Waals surface area contributed by atoms with Crippen LogP contribution in [0.3, 0.4) is 0 Å². The van der Waals surface area contributed by atoms with E-state index in [2.05, 4.69) is 3.63 Å². The van der Waals surface area contributed by atoms with Gasteiger partial charge < -0.3 is 0 Å². The molecular formula is C6H3Cl3O5S2. The summed E-state index contributed by atoms with van der Waals surface area (Å²) in [5, 5.41) is -0.285. The lowest BCUT2D eigenvalue weighted by atomic mass is 10.4. The lowest BCUT2D eigenvalue weighted by Crippen LogP contribution is -2.08. The SMILES string of the molecule is O=S(O)OS(=O)(=O)c1cc(Cl)c(Cl)cc1Cl. The van der Waals surface area contributed by atoms with Gasteiger partial charge in [-0.15, -0.1) is 3.63 Å². The molecule has 0 radical (unpaired) electrons. The van der Waals surface area contributed by atoms with Crippen LogP contribution in [0.2, 0.25) is 15.1 Å². The molecule has 1 atom stereocenters. The molecule has 0 fully saturated rings. The smallest absolute Gasteiger partial charge is 0.283 e. The minimum absolute atomic E-state index is 0.0516. The van der Waals surface area contributed by atoms with Crippen molar-refractivity contribution in [2.24, 2.45) is 0 Å². The van der Waals surface area contributed by atoms with Crippen LogP contribution in [0, 0.1) is 0 Å². The molecule has 1 unspecified atom stereocenters. The molecule has 0 heterocycles. The Labute approximate surface area is 109 Å². The van der Waals surface area contributed by atoms with Crippen LogP contribution < -0.4 is 0 Å². The van der Waals surface area contributed by atoms with E-state index >= 15 is 0 Å². The predicted octanol–water partition coefficient (Wildman–Crippen LogP) is 2.49. The molecule has 90 valence electrons. The van der Waals surface area contributed by atoms with Gasteiger partial charge in [0.1, 0.15) is 4.90 Å². The summed E-state index contributed by atoms with van der Waals surface area (Å²) in [6, 6.07) is 2.01. The van der Waals surface area contributed by atoms with Gasteiger partial charge >= 0.3 is 21.5 Å². The van der Waals surface area contributed by atoms with E-state index in [1.165, 1.54) is 0 Å². The first kappa shape index (κ1) is 14.2. The van der Waals surface area contributed by atoms with Crippen LogP contribution in [0.4, 0.5) is 0 Å². The molecule has 0 aliphatic heterocycles. The van der Waals surface area contributed by atoms with Crippen molar-refractivity contribution in [2.75, 3.05) is 0 Å². The zero-order chi connectivity index (χ0) is 12.5. The molecule has 0 saturated heterocycles. The first-order valence-electron chi connectivity index (χ1n) is 3.44. The normalized spacial score (nSPS) is 13.8. The quantitative estimate of drug-likeness (QED) is 0.682. The van der Waals surface area contributed by atoms with Crippen molar-refractivity contribution in [3.05, 3.63) is 27.2 Å². The van der Waals surface area contributed by atoms with Gasteiger partial charge in [-0.25, -0.2) is 0 Å². The van der Waals surface area contributed by atoms with E-state index in [9.17, 15) is 12.6 Å². The van der Waals surface area contributed by atoms with Gasteiger partial charge in [-0.1, -0.05) is 34.8 Å². The van der Waals surface area contributed by atoms with Crippen LogP contribution in [-0.2, 0) is 25.1 Å². The van der Waals surface area contributed by atoms with Crippen LogP contribution in [0.25, 0.3) is 0 Å². The highest BCUT2D eigenvalue weighted by Gasteiger charge is 2.23. The van der Waals surface area contributed by atoms with Gasteiger partial charge in [0.2, 0.25) is 0 Å². The van der Waals surface area contributed by atoms with E-state index < -0.39 is 26.4 Å². The van der Waals surface area contributed by atoms with E-state index in [0.29, 0.717) is 0 Å². The predicted molar refractivity (Wildman–Crippen MR) is 60.5 cm³/mol. The van der Waals surface area contributed by atoms with Gasteiger partial charge in [0.15, 0.2) is 0 Å². The standard InChI is InChI=1S/C6H3Cl3O5S2/c7-3-1-5(9)6(2-4(3)8)16(12,13)14-15(10)11/h1-2H,(H,10,11). The van der Waals surface area contributed by atoms with E-state index in [-0.39, 0.29) is 15.1 Å². The molecule has 16 heavy (non-hydrogen) atoms. The maximum atomic E-state index is 11.4. The molecule has 0 saturated carbocycles. The van der Waals surface area contributed by atoms with Gasteiger partial charge in [-0.3, -0.25) is 4.55 Å². The third-order valence-electron chi connectivity index (χ3n) is 1.39. The third-order valence-corrected chi connectivity index (χ3v) is 4.60. The molecule has 0 aliphatic rings. The fourth-order valence-electron chi connectivity index (χ4n) is 0.809. The Hall–Kier alpha value is 0.110. The van der Waals surface area contributed by atoms with E-state index in [4.69, 9.17) is 39.4 Å². The summed E-state index contributed by atoms with van der Waals surface area (Å²) in [5.74, 6) is 0. The number of rotatable bonds is 3. The topological polar surface area (TPSA) is 80.7 Å². The molecule has 0 bridgehead atoms. The Balaban J connectivity index is 3.34. The maximum absolute atomic E-state index is 11.4. The van der Waals surface area contributed by atoms with E-state index in [1.807, 2.05) is 0 Å². The molecule has 1 aromatic carbocycles. The van der Waals surface area contributed by atoms with Gasteiger partial charge in [0, 0.05) is 0 Å². The first-order valence-corrected chi connectivity index (χ1v) is 7.02. The van der Waals surface area contributed by atoms with Gasteiger partial charge in [0.05, 0.1) is 15.1 Å². The molecule has 0 amide bonds. The highest BCUT2D eigenvalue weighted by Crippen LogP contribution is 2.32. The summed E-state index contributed by atoms with van der Waals surface area (Å²) in [6.45, 7) is 0. The minimum Gasteiger partial charge on any atom is -0.283 e. The fraction of sp³-hybridized carbons (Fsp3) is 0. The van der Waals surface area contributed by atoms with Gasteiger partial charge in [-0.05, 0) is 12.1 Å². The molecule has 10 heteroatoms. The largest absolute Gasteiger partial charge is 0.317 e. The van der Waals surface area contributed by atoms with Crippen molar-refractivity contribution in [1.82, 2.24) is 0 Å². The van der Waals surface area contributed by atoms with Crippen LogP contribution in [0.5, 0.6) is 0 Å². The molecule has 0 aliphatic carbocycles. The Morgan fingerprint density at radius 3 is 2.12 bits per heavy atom. The Kier molecular flexibility index (Phi) is 4.58. The van der Waals surface area contributed by atoms with Crippen molar-refractivity contribution in [1.29, 1.82) is 0 Å². The van der Waals surface area contributed by atoms with E-state index in [0.717, 1.165) is 12.1 Å². The van der Waals surface area contributed by atoms with Crippen molar-refractivity contribution < 1.29 is 20.8 Å². The summed E-state index contributed by atoms with van der Waals surface area (Å²) in [7, 11) is -4.45. The Morgan fingerprint density at radius 2 is 1.62 bits per heavy atom. The first-order chi connectivity index (χ1) is 7.24.